The minimum atomic E-state index is -5.91. The zero-order valence-electron chi connectivity index (χ0n) is 15.8. The van der Waals surface area contributed by atoms with Crippen LogP contribution in [0.4, 0.5) is 36.4 Å². The molecule has 0 aliphatic rings. The van der Waals surface area contributed by atoms with E-state index in [1.807, 2.05) is 0 Å². The lowest BCUT2D eigenvalue weighted by atomic mass is 10.2. The molecule has 3 rings (SSSR count). The number of anilines is 1. The number of carbonyl (C=O) groups is 1. The topological polar surface area (TPSA) is 68.5 Å². The van der Waals surface area contributed by atoms with Crippen LogP contribution in [0.2, 0.25) is 0 Å². The molecule has 31 heavy (non-hydrogen) atoms. The van der Waals surface area contributed by atoms with E-state index in [0.717, 1.165) is 6.07 Å². The molecule has 0 fully saturated rings. The second-order valence-electron chi connectivity index (χ2n) is 6.49. The van der Waals surface area contributed by atoms with Gasteiger partial charge in [0.15, 0.2) is 11.3 Å². The Bertz CT molecular complexity index is 1140. The van der Waals surface area contributed by atoms with E-state index in [4.69, 9.17) is 0 Å². The molecule has 0 aliphatic carbocycles. The van der Waals surface area contributed by atoms with Gasteiger partial charge in [-0.05, 0) is 37.6 Å². The van der Waals surface area contributed by atoms with Gasteiger partial charge in [-0.3, -0.25) is 4.79 Å². The number of fused-ring (bicyclic) bond motifs is 1. The smallest absolute Gasteiger partial charge is 0.433 e. The predicted molar refractivity (Wildman–Crippen MR) is 93.4 cm³/mol. The second-order valence-corrected chi connectivity index (χ2v) is 6.49. The fourth-order valence-corrected chi connectivity index (χ4v) is 2.69. The van der Waals surface area contributed by atoms with E-state index in [2.05, 4.69) is 20.1 Å². The Labute approximate surface area is 169 Å². The lowest BCUT2D eigenvalue weighted by Gasteiger charge is -2.20. The van der Waals surface area contributed by atoms with Gasteiger partial charge in [-0.1, -0.05) is 6.07 Å². The van der Waals surface area contributed by atoms with Gasteiger partial charge in [0.05, 0.1) is 5.69 Å². The van der Waals surface area contributed by atoms with Gasteiger partial charge in [0, 0.05) is 11.8 Å². The Morgan fingerprint density at radius 1 is 1.10 bits per heavy atom. The molecule has 6 nitrogen and oxygen atoms in total. The summed E-state index contributed by atoms with van der Waals surface area (Å²) in [5.41, 5.74) is -2.33. The van der Waals surface area contributed by atoms with E-state index in [1.54, 1.807) is 6.92 Å². The first-order chi connectivity index (χ1) is 14.3. The SMILES string of the molecule is Cc1ccc(NC(=O)c2cc3nc(C)cc(C(F)(F)C(F)(F)F)n3n2)c(OC(F)F)c1. The molecule has 0 atom stereocenters. The van der Waals surface area contributed by atoms with Crippen LogP contribution in [0, 0.1) is 13.8 Å². The monoisotopic (exact) mass is 450 g/mol. The van der Waals surface area contributed by atoms with Crippen molar-refractivity contribution in [2.75, 3.05) is 5.32 Å². The van der Waals surface area contributed by atoms with Crippen molar-refractivity contribution in [2.45, 2.75) is 32.6 Å². The van der Waals surface area contributed by atoms with Crippen LogP contribution in [0.15, 0.2) is 30.3 Å². The van der Waals surface area contributed by atoms with Gasteiger partial charge in [0.2, 0.25) is 0 Å². The van der Waals surface area contributed by atoms with Gasteiger partial charge in [0.1, 0.15) is 11.4 Å². The van der Waals surface area contributed by atoms with Crippen molar-refractivity contribution >= 4 is 17.2 Å². The summed E-state index contributed by atoms with van der Waals surface area (Å²) in [5.74, 6) is -6.70. The Morgan fingerprint density at radius 3 is 2.39 bits per heavy atom. The fourth-order valence-electron chi connectivity index (χ4n) is 2.69. The highest BCUT2D eigenvalue weighted by Crippen LogP contribution is 2.43. The summed E-state index contributed by atoms with van der Waals surface area (Å²) in [4.78, 5) is 16.3. The maximum Gasteiger partial charge on any atom is 0.459 e. The van der Waals surface area contributed by atoms with Gasteiger partial charge in [-0.25, -0.2) is 9.50 Å². The average Bonchev–Trinajstić information content (AvgIpc) is 3.05. The van der Waals surface area contributed by atoms with Crippen LogP contribution in [0.1, 0.15) is 27.4 Å². The predicted octanol–water partition coefficient (Wildman–Crippen LogP) is 4.85. The molecule has 13 heteroatoms. The van der Waals surface area contributed by atoms with Crippen molar-refractivity contribution in [3.05, 3.63) is 53.0 Å². The number of nitrogens with one attached hydrogen (secondary N) is 1. The van der Waals surface area contributed by atoms with E-state index in [1.165, 1.54) is 25.1 Å². The molecule has 166 valence electrons. The maximum absolute atomic E-state index is 13.9. The number of ether oxygens (including phenoxy) is 1. The van der Waals surface area contributed by atoms with Gasteiger partial charge in [-0.15, -0.1) is 0 Å². The summed E-state index contributed by atoms with van der Waals surface area (Å²) in [5, 5.41) is 5.72. The summed E-state index contributed by atoms with van der Waals surface area (Å²) in [6.45, 7) is -0.405. The molecule has 0 spiro atoms. The van der Waals surface area contributed by atoms with Crippen LogP contribution in [0.3, 0.4) is 0 Å². The number of nitrogens with zero attached hydrogens (tertiary/aromatic N) is 3. The molecule has 3 aromatic rings. The largest absolute Gasteiger partial charge is 0.459 e. The number of carbonyl (C=O) groups excluding carboxylic acids is 1. The van der Waals surface area contributed by atoms with E-state index < -0.39 is 41.7 Å². The zero-order valence-corrected chi connectivity index (χ0v) is 15.8. The Kier molecular flexibility index (Phi) is 5.54. The van der Waals surface area contributed by atoms with E-state index in [0.29, 0.717) is 11.6 Å². The fraction of sp³-hybridized carbons (Fsp3) is 0.278. The molecule has 1 amide bonds. The number of aryl methyl sites for hydroxylation is 2. The highest BCUT2D eigenvalue weighted by atomic mass is 19.4. The summed E-state index contributed by atoms with van der Waals surface area (Å²) in [7, 11) is 0. The number of aromatic nitrogens is 3. The maximum atomic E-state index is 13.9. The number of benzene rings is 1. The Hall–Kier alpha value is -3.38. The minimum absolute atomic E-state index is 0.163. The van der Waals surface area contributed by atoms with Gasteiger partial charge in [-0.2, -0.15) is 35.8 Å². The van der Waals surface area contributed by atoms with Crippen LogP contribution in [-0.2, 0) is 5.92 Å². The third-order valence-electron chi connectivity index (χ3n) is 4.07. The van der Waals surface area contributed by atoms with Crippen LogP contribution < -0.4 is 10.1 Å². The number of hydrogen-bond donors (Lipinski definition) is 1. The Morgan fingerprint density at radius 2 is 1.77 bits per heavy atom. The summed E-state index contributed by atoms with van der Waals surface area (Å²) in [6.07, 6.45) is -5.91. The van der Waals surface area contributed by atoms with Crippen LogP contribution in [-0.4, -0.2) is 33.3 Å². The number of rotatable bonds is 5. The van der Waals surface area contributed by atoms with Crippen molar-refractivity contribution < 1.29 is 40.3 Å². The molecule has 2 heterocycles. The number of hydrogen-bond acceptors (Lipinski definition) is 4. The van der Waals surface area contributed by atoms with Crippen LogP contribution in [0.5, 0.6) is 5.75 Å². The van der Waals surface area contributed by atoms with Gasteiger partial charge < -0.3 is 10.1 Å². The summed E-state index contributed by atoms with van der Waals surface area (Å²) >= 11 is 0. The molecule has 0 radical (unpaired) electrons. The molecule has 1 N–H and O–H groups in total. The molecule has 0 saturated carbocycles. The van der Waals surface area contributed by atoms with Crippen molar-refractivity contribution in [2.24, 2.45) is 0 Å². The molecule has 0 saturated heterocycles. The van der Waals surface area contributed by atoms with Gasteiger partial charge in [0.25, 0.3) is 5.91 Å². The minimum Gasteiger partial charge on any atom is -0.433 e. The highest BCUT2D eigenvalue weighted by Gasteiger charge is 2.60. The van der Waals surface area contributed by atoms with Crippen molar-refractivity contribution in [1.29, 1.82) is 0 Å². The van der Waals surface area contributed by atoms with Crippen LogP contribution >= 0.6 is 0 Å². The van der Waals surface area contributed by atoms with Gasteiger partial charge >= 0.3 is 18.7 Å². The van der Waals surface area contributed by atoms with E-state index >= 15 is 0 Å². The summed E-state index contributed by atoms with van der Waals surface area (Å²) in [6, 6.07) is 5.35. The second kappa shape index (κ2) is 7.71. The summed E-state index contributed by atoms with van der Waals surface area (Å²) < 4.78 is 96.2. The highest BCUT2D eigenvalue weighted by molar-refractivity contribution is 6.04. The number of amides is 1. The quantitative estimate of drug-likeness (QED) is 0.565. The molecular formula is C18H13F7N4O2. The molecule has 1 aromatic carbocycles. The lowest BCUT2D eigenvalue weighted by molar-refractivity contribution is -0.291. The van der Waals surface area contributed by atoms with Crippen molar-refractivity contribution in [3.63, 3.8) is 0 Å². The third-order valence-corrected chi connectivity index (χ3v) is 4.07. The first-order valence-corrected chi connectivity index (χ1v) is 8.49. The average molecular weight is 450 g/mol. The first kappa shape index (κ1) is 22.3. The molecule has 0 bridgehead atoms. The van der Waals surface area contributed by atoms with Crippen molar-refractivity contribution in [3.8, 4) is 5.75 Å². The normalized spacial score (nSPS) is 12.5. The molecule has 0 aliphatic heterocycles. The molecule has 0 unspecified atom stereocenters. The van der Waals surface area contributed by atoms with Crippen molar-refractivity contribution in [1.82, 2.24) is 14.6 Å². The van der Waals surface area contributed by atoms with E-state index in [9.17, 15) is 35.5 Å². The Balaban J connectivity index is 2.02. The molecule has 2 aromatic heterocycles. The zero-order chi connectivity index (χ0) is 23.1. The lowest BCUT2D eigenvalue weighted by Crippen LogP contribution is -2.36. The number of alkyl halides is 7. The molecular weight excluding hydrogens is 437 g/mol. The van der Waals surface area contributed by atoms with E-state index in [-0.39, 0.29) is 21.6 Å². The third kappa shape index (κ3) is 4.39. The standard InChI is InChI=1S/C18H13F7N4O2/c1-8-3-4-10(12(5-8)31-16(19)20)27-15(30)11-7-14-26-9(2)6-13(29(14)28-11)17(21,22)18(23,24)25/h3-7,16H,1-2H3,(H,27,30). The van der Waals surface area contributed by atoms with Crippen LogP contribution in [0.25, 0.3) is 5.65 Å². The first-order valence-electron chi connectivity index (χ1n) is 8.49. The number of halogens is 7.